The van der Waals surface area contributed by atoms with Crippen molar-refractivity contribution in [1.82, 2.24) is 5.16 Å². The number of aromatic nitrogens is 1. The molecule has 0 amide bonds. The highest BCUT2D eigenvalue weighted by Crippen LogP contribution is 2.58. The van der Waals surface area contributed by atoms with E-state index >= 15 is 0 Å². The summed E-state index contributed by atoms with van der Waals surface area (Å²) in [4.78, 5) is 0. The molecule has 2 fully saturated rings. The van der Waals surface area contributed by atoms with Gasteiger partial charge in [0.2, 0.25) is 0 Å². The molecule has 1 aromatic heterocycles. The van der Waals surface area contributed by atoms with E-state index in [9.17, 15) is 0 Å². The molecule has 14 heavy (non-hydrogen) atoms. The van der Waals surface area contributed by atoms with E-state index in [1.165, 1.54) is 19.3 Å². The summed E-state index contributed by atoms with van der Waals surface area (Å²) in [5, 5.41) is 3.87. The van der Waals surface area contributed by atoms with Crippen molar-refractivity contribution in [2.24, 2.45) is 11.8 Å². The van der Waals surface area contributed by atoms with E-state index in [1.54, 1.807) is 0 Å². The minimum Gasteiger partial charge on any atom is -0.381 e. The topological polar surface area (TPSA) is 52.0 Å². The van der Waals surface area contributed by atoms with Crippen LogP contribution in [0, 0.1) is 11.8 Å². The summed E-state index contributed by atoms with van der Waals surface area (Å²) in [5.41, 5.74) is 6.91. The highest BCUT2D eigenvalue weighted by atomic mass is 16.5. The number of rotatable bonds is 2. The van der Waals surface area contributed by atoms with Gasteiger partial charge in [-0.2, -0.15) is 0 Å². The SMILES string of the molecule is CCc1c(N)noc1C1CC2CC2C1. The van der Waals surface area contributed by atoms with Gasteiger partial charge in [-0.3, -0.25) is 0 Å². The normalized spacial score (nSPS) is 34.5. The van der Waals surface area contributed by atoms with Gasteiger partial charge in [0, 0.05) is 11.5 Å². The molecule has 0 aliphatic heterocycles. The van der Waals surface area contributed by atoms with E-state index in [0.717, 1.165) is 29.6 Å². The Morgan fingerprint density at radius 3 is 2.71 bits per heavy atom. The molecule has 0 bridgehead atoms. The van der Waals surface area contributed by atoms with Crippen molar-refractivity contribution >= 4 is 5.82 Å². The maximum Gasteiger partial charge on any atom is 0.170 e. The van der Waals surface area contributed by atoms with Crippen LogP contribution in [0.1, 0.15) is 43.4 Å². The Hall–Kier alpha value is -0.990. The molecule has 0 aromatic carbocycles. The van der Waals surface area contributed by atoms with Crippen molar-refractivity contribution in [3.63, 3.8) is 0 Å². The summed E-state index contributed by atoms with van der Waals surface area (Å²) in [5.74, 6) is 4.26. The van der Waals surface area contributed by atoms with Crippen molar-refractivity contribution in [3.8, 4) is 0 Å². The summed E-state index contributed by atoms with van der Waals surface area (Å²) >= 11 is 0. The second-order valence-electron chi connectivity index (χ2n) is 4.69. The quantitative estimate of drug-likeness (QED) is 0.782. The summed E-state index contributed by atoms with van der Waals surface area (Å²) < 4.78 is 5.36. The molecule has 3 heteroatoms. The number of anilines is 1. The molecule has 3 nitrogen and oxygen atoms in total. The highest BCUT2D eigenvalue weighted by molar-refractivity contribution is 5.42. The third-order valence-electron chi connectivity index (χ3n) is 3.82. The predicted octanol–water partition coefficient (Wildman–Crippen LogP) is 2.33. The van der Waals surface area contributed by atoms with Gasteiger partial charge in [-0.05, 0) is 37.5 Å². The molecule has 2 saturated carbocycles. The standard InChI is InChI=1S/C11H16N2O/c1-2-9-10(14-13-11(9)12)8-4-6-3-7(6)5-8/h6-8H,2-5H2,1H3,(H2,12,13). The average molecular weight is 192 g/mol. The van der Waals surface area contributed by atoms with E-state index < -0.39 is 0 Å². The van der Waals surface area contributed by atoms with Crippen LogP contribution in [0.15, 0.2) is 4.52 Å². The Bertz CT molecular complexity index is 348. The monoisotopic (exact) mass is 192 g/mol. The maximum atomic E-state index is 5.76. The first-order valence-corrected chi connectivity index (χ1v) is 5.53. The van der Waals surface area contributed by atoms with E-state index in [1.807, 2.05) is 0 Å². The molecular formula is C11H16N2O. The van der Waals surface area contributed by atoms with Crippen molar-refractivity contribution < 1.29 is 4.52 Å². The zero-order chi connectivity index (χ0) is 9.71. The molecule has 0 radical (unpaired) electrons. The number of fused-ring (bicyclic) bond motifs is 1. The van der Waals surface area contributed by atoms with Crippen molar-refractivity contribution in [1.29, 1.82) is 0 Å². The smallest absolute Gasteiger partial charge is 0.170 e. The molecule has 2 N–H and O–H groups in total. The third-order valence-corrected chi connectivity index (χ3v) is 3.82. The van der Waals surface area contributed by atoms with Gasteiger partial charge in [0.25, 0.3) is 0 Å². The fourth-order valence-electron chi connectivity index (χ4n) is 2.94. The first kappa shape index (κ1) is 8.33. The zero-order valence-electron chi connectivity index (χ0n) is 8.49. The summed E-state index contributed by atoms with van der Waals surface area (Å²) in [7, 11) is 0. The van der Waals surface area contributed by atoms with Gasteiger partial charge < -0.3 is 10.3 Å². The van der Waals surface area contributed by atoms with Crippen LogP contribution in [0.25, 0.3) is 0 Å². The Balaban J connectivity index is 1.88. The molecular weight excluding hydrogens is 176 g/mol. The molecule has 3 rings (SSSR count). The first-order chi connectivity index (χ1) is 6.79. The van der Waals surface area contributed by atoms with Gasteiger partial charge in [-0.1, -0.05) is 12.1 Å². The van der Waals surface area contributed by atoms with E-state index in [0.29, 0.717) is 11.7 Å². The lowest BCUT2D eigenvalue weighted by molar-refractivity contribution is 0.353. The molecule has 1 aromatic rings. The molecule has 2 aliphatic rings. The second kappa shape index (κ2) is 2.75. The Kier molecular flexibility index (Phi) is 1.64. The number of nitrogens with zero attached hydrogens (tertiary/aromatic N) is 1. The predicted molar refractivity (Wildman–Crippen MR) is 53.9 cm³/mol. The fraction of sp³-hybridized carbons (Fsp3) is 0.727. The zero-order valence-corrected chi connectivity index (χ0v) is 8.49. The third kappa shape index (κ3) is 1.08. The van der Waals surface area contributed by atoms with Crippen LogP contribution < -0.4 is 5.73 Å². The van der Waals surface area contributed by atoms with Crippen LogP contribution in [-0.2, 0) is 6.42 Å². The molecule has 0 spiro atoms. The van der Waals surface area contributed by atoms with Crippen LogP contribution in [0.5, 0.6) is 0 Å². The molecule has 0 saturated heterocycles. The van der Waals surface area contributed by atoms with Crippen LogP contribution in [0.4, 0.5) is 5.82 Å². The van der Waals surface area contributed by atoms with Crippen LogP contribution >= 0.6 is 0 Å². The van der Waals surface area contributed by atoms with Crippen molar-refractivity contribution in [3.05, 3.63) is 11.3 Å². The van der Waals surface area contributed by atoms with E-state index in [-0.39, 0.29) is 0 Å². The number of hydrogen-bond donors (Lipinski definition) is 1. The van der Waals surface area contributed by atoms with Gasteiger partial charge in [0.1, 0.15) is 5.76 Å². The Morgan fingerprint density at radius 1 is 1.36 bits per heavy atom. The molecule has 2 atom stereocenters. The minimum atomic E-state index is 0.600. The maximum absolute atomic E-state index is 5.76. The van der Waals surface area contributed by atoms with Crippen LogP contribution in [-0.4, -0.2) is 5.16 Å². The first-order valence-electron chi connectivity index (χ1n) is 5.53. The molecule has 1 heterocycles. The average Bonchev–Trinajstić information content (AvgIpc) is 2.63. The number of nitrogens with two attached hydrogens (primary N) is 1. The van der Waals surface area contributed by atoms with Gasteiger partial charge in [0.05, 0.1) is 0 Å². The lowest BCUT2D eigenvalue weighted by atomic mass is 9.96. The van der Waals surface area contributed by atoms with E-state index in [4.69, 9.17) is 10.3 Å². The van der Waals surface area contributed by atoms with Crippen LogP contribution in [0.3, 0.4) is 0 Å². The largest absolute Gasteiger partial charge is 0.381 e. The lowest BCUT2D eigenvalue weighted by Gasteiger charge is -2.08. The van der Waals surface area contributed by atoms with Gasteiger partial charge in [-0.15, -0.1) is 0 Å². The van der Waals surface area contributed by atoms with Crippen LogP contribution in [0.2, 0.25) is 0 Å². The van der Waals surface area contributed by atoms with Gasteiger partial charge >= 0.3 is 0 Å². The lowest BCUT2D eigenvalue weighted by Crippen LogP contribution is -1.99. The van der Waals surface area contributed by atoms with Crippen molar-refractivity contribution in [2.45, 2.75) is 38.5 Å². The fourth-order valence-corrected chi connectivity index (χ4v) is 2.94. The summed E-state index contributed by atoms with van der Waals surface area (Å²) in [6.45, 7) is 2.11. The molecule has 2 unspecified atom stereocenters. The highest BCUT2D eigenvalue weighted by Gasteiger charge is 2.47. The number of nitrogen functional groups attached to an aromatic ring is 1. The second-order valence-corrected chi connectivity index (χ2v) is 4.69. The van der Waals surface area contributed by atoms with E-state index in [2.05, 4.69) is 12.1 Å². The summed E-state index contributed by atoms with van der Waals surface area (Å²) in [6.07, 6.45) is 4.98. The molecule has 2 aliphatic carbocycles. The Morgan fingerprint density at radius 2 is 2.07 bits per heavy atom. The van der Waals surface area contributed by atoms with Gasteiger partial charge in [0.15, 0.2) is 5.82 Å². The molecule has 76 valence electrons. The minimum absolute atomic E-state index is 0.600. The Labute approximate surface area is 83.6 Å². The summed E-state index contributed by atoms with van der Waals surface area (Å²) in [6, 6.07) is 0. The van der Waals surface area contributed by atoms with Gasteiger partial charge in [-0.25, -0.2) is 0 Å². The number of hydrogen-bond acceptors (Lipinski definition) is 3. The van der Waals surface area contributed by atoms with Crippen molar-refractivity contribution in [2.75, 3.05) is 5.73 Å².